The lowest BCUT2D eigenvalue weighted by Crippen LogP contribution is -2.36. The van der Waals surface area contributed by atoms with Crippen molar-refractivity contribution in [1.82, 2.24) is 10.6 Å². The van der Waals surface area contributed by atoms with E-state index in [0.717, 1.165) is 0 Å². The maximum Gasteiger partial charge on any atom is 0.251 e. The molecule has 0 heterocycles. The van der Waals surface area contributed by atoms with Crippen molar-refractivity contribution in [3.05, 3.63) is 35.4 Å². The van der Waals surface area contributed by atoms with Crippen LogP contribution in [-0.4, -0.2) is 24.9 Å². The van der Waals surface area contributed by atoms with Crippen LogP contribution in [0.4, 0.5) is 0 Å². The lowest BCUT2D eigenvalue weighted by molar-refractivity contribution is -0.120. The molecule has 1 fully saturated rings. The number of nitrogens with one attached hydrogen (secondary N) is 2. The summed E-state index contributed by atoms with van der Waals surface area (Å²) in [5, 5.41) is 5.28. The molecule has 0 unspecified atom stereocenters. The standard InChI is InChI=1S/C17H24N2O2/c1-2-18-16(20)12-19-17(21)15-10-8-14(9-11-15)13-6-4-3-5-7-13/h8-11,13H,2-7,12H2,1H3,(H,18,20)(H,19,21). The molecule has 0 atom stereocenters. The van der Waals surface area contributed by atoms with Gasteiger partial charge in [0, 0.05) is 12.1 Å². The van der Waals surface area contributed by atoms with E-state index >= 15 is 0 Å². The van der Waals surface area contributed by atoms with Crippen LogP contribution in [0, 0.1) is 0 Å². The summed E-state index contributed by atoms with van der Waals surface area (Å²) < 4.78 is 0. The van der Waals surface area contributed by atoms with Gasteiger partial charge < -0.3 is 10.6 Å². The fourth-order valence-electron chi connectivity index (χ4n) is 2.86. The highest BCUT2D eigenvalue weighted by atomic mass is 16.2. The number of rotatable bonds is 5. The number of amides is 2. The van der Waals surface area contributed by atoms with Crippen LogP contribution < -0.4 is 10.6 Å². The van der Waals surface area contributed by atoms with E-state index in [1.807, 2.05) is 19.1 Å². The Kier molecular flexibility index (Phi) is 5.78. The fraction of sp³-hybridized carbons (Fsp3) is 0.529. The molecular weight excluding hydrogens is 264 g/mol. The molecule has 1 aromatic rings. The van der Waals surface area contributed by atoms with Gasteiger partial charge in [-0.3, -0.25) is 9.59 Å². The Morgan fingerprint density at radius 2 is 1.71 bits per heavy atom. The van der Waals surface area contributed by atoms with Crippen molar-refractivity contribution in [2.75, 3.05) is 13.1 Å². The SMILES string of the molecule is CCNC(=O)CNC(=O)c1ccc(C2CCCCC2)cc1. The lowest BCUT2D eigenvalue weighted by Gasteiger charge is -2.22. The quantitative estimate of drug-likeness (QED) is 0.875. The first kappa shape index (κ1) is 15.5. The fourth-order valence-corrected chi connectivity index (χ4v) is 2.86. The molecule has 0 radical (unpaired) electrons. The highest BCUT2D eigenvalue weighted by Crippen LogP contribution is 2.32. The Bertz CT molecular complexity index is 476. The van der Waals surface area contributed by atoms with Crippen molar-refractivity contribution < 1.29 is 9.59 Å². The van der Waals surface area contributed by atoms with Crippen LogP contribution in [0.15, 0.2) is 24.3 Å². The van der Waals surface area contributed by atoms with Gasteiger partial charge in [-0.15, -0.1) is 0 Å². The van der Waals surface area contributed by atoms with Crippen LogP contribution in [0.2, 0.25) is 0 Å². The Labute approximate surface area is 126 Å². The Hall–Kier alpha value is -1.84. The Balaban J connectivity index is 1.88. The number of hydrogen-bond acceptors (Lipinski definition) is 2. The van der Waals surface area contributed by atoms with Crippen LogP contribution in [-0.2, 0) is 4.79 Å². The highest BCUT2D eigenvalue weighted by molar-refractivity contribution is 5.96. The molecular formula is C17H24N2O2. The molecule has 0 aromatic heterocycles. The van der Waals surface area contributed by atoms with Crippen LogP contribution in [0.3, 0.4) is 0 Å². The molecule has 21 heavy (non-hydrogen) atoms. The topological polar surface area (TPSA) is 58.2 Å². The molecule has 4 nitrogen and oxygen atoms in total. The van der Waals surface area contributed by atoms with E-state index in [0.29, 0.717) is 18.0 Å². The van der Waals surface area contributed by atoms with Crippen LogP contribution >= 0.6 is 0 Å². The third kappa shape index (κ3) is 4.59. The van der Waals surface area contributed by atoms with Crippen molar-refractivity contribution in [3.8, 4) is 0 Å². The van der Waals surface area contributed by atoms with E-state index in [-0.39, 0.29) is 18.4 Å². The van der Waals surface area contributed by atoms with E-state index in [1.165, 1.54) is 37.7 Å². The third-order valence-corrected chi connectivity index (χ3v) is 4.03. The molecule has 0 bridgehead atoms. The van der Waals surface area contributed by atoms with Crippen molar-refractivity contribution in [1.29, 1.82) is 0 Å². The second-order valence-corrected chi connectivity index (χ2v) is 5.59. The zero-order chi connectivity index (χ0) is 15.1. The number of hydrogen-bond donors (Lipinski definition) is 2. The van der Waals surface area contributed by atoms with E-state index in [9.17, 15) is 9.59 Å². The van der Waals surface area contributed by atoms with Crippen LogP contribution in [0.5, 0.6) is 0 Å². The minimum absolute atomic E-state index is 0.0249. The average Bonchev–Trinajstić information content (AvgIpc) is 2.54. The van der Waals surface area contributed by atoms with Gasteiger partial charge in [-0.25, -0.2) is 0 Å². The van der Waals surface area contributed by atoms with Gasteiger partial charge in [0.25, 0.3) is 5.91 Å². The predicted octanol–water partition coefficient (Wildman–Crippen LogP) is 2.60. The first-order chi connectivity index (χ1) is 10.2. The molecule has 1 aliphatic carbocycles. The van der Waals surface area contributed by atoms with Gasteiger partial charge in [0.05, 0.1) is 6.54 Å². The molecule has 1 aromatic carbocycles. The second-order valence-electron chi connectivity index (χ2n) is 5.59. The van der Waals surface area contributed by atoms with Crippen molar-refractivity contribution in [2.24, 2.45) is 0 Å². The Morgan fingerprint density at radius 1 is 1.05 bits per heavy atom. The molecule has 0 aliphatic heterocycles. The summed E-state index contributed by atoms with van der Waals surface area (Å²) in [7, 11) is 0. The molecule has 0 spiro atoms. The van der Waals surface area contributed by atoms with Gasteiger partial charge in [0.15, 0.2) is 0 Å². The lowest BCUT2D eigenvalue weighted by atomic mass is 9.84. The molecule has 114 valence electrons. The van der Waals surface area contributed by atoms with Gasteiger partial charge in [-0.1, -0.05) is 31.4 Å². The largest absolute Gasteiger partial charge is 0.355 e. The van der Waals surface area contributed by atoms with E-state index in [4.69, 9.17) is 0 Å². The second kappa shape index (κ2) is 7.81. The Morgan fingerprint density at radius 3 is 2.33 bits per heavy atom. The highest BCUT2D eigenvalue weighted by Gasteiger charge is 2.16. The molecule has 0 saturated heterocycles. The summed E-state index contributed by atoms with van der Waals surface area (Å²) in [6, 6.07) is 7.82. The van der Waals surface area contributed by atoms with Crippen molar-refractivity contribution in [3.63, 3.8) is 0 Å². The predicted molar refractivity (Wildman–Crippen MR) is 83.3 cm³/mol. The van der Waals surface area contributed by atoms with E-state index in [2.05, 4.69) is 22.8 Å². The van der Waals surface area contributed by atoms with Crippen LogP contribution in [0.1, 0.15) is 60.9 Å². The van der Waals surface area contributed by atoms with Gasteiger partial charge in [0.2, 0.25) is 5.91 Å². The normalized spacial score (nSPS) is 15.5. The first-order valence-corrected chi connectivity index (χ1v) is 7.85. The minimum atomic E-state index is -0.198. The minimum Gasteiger partial charge on any atom is -0.355 e. The smallest absolute Gasteiger partial charge is 0.251 e. The van der Waals surface area contributed by atoms with Crippen molar-refractivity contribution in [2.45, 2.75) is 44.9 Å². The average molecular weight is 288 g/mol. The summed E-state index contributed by atoms with van der Waals surface area (Å²) in [5.74, 6) is 0.285. The molecule has 2 N–H and O–H groups in total. The van der Waals surface area contributed by atoms with Crippen molar-refractivity contribution >= 4 is 11.8 Å². The number of carbonyl (C=O) groups is 2. The third-order valence-electron chi connectivity index (χ3n) is 4.03. The van der Waals surface area contributed by atoms with Crippen LogP contribution in [0.25, 0.3) is 0 Å². The number of benzene rings is 1. The maximum absolute atomic E-state index is 11.9. The zero-order valence-corrected chi connectivity index (χ0v) is 12.7. The molecule has 4 heteroatoms. The van der Waals surface area contributed by atoms with Gasteiger partial charge in [-0.05, 0) is 43.4 Å². The first-order valence-electron chi connectivity index (χ1n) is 7.85. The monoisotopic (exact) mass is 288 g/mol. The molecule has 1 aliphatic rings. The summed E-state index contributed by atoms with van der Waals surface area (Å²) >= 11 is 0. The number of carbonyl (C=O) groups excluding carboxylic acids is 2. The van der Waals surface area contributed by atoms with Gasteiger partial charge in [0.1, 0.15) is 0 Å². The van der Waals surface area contributed by atoms with E-state index < -0.39 is 0 Å². The molecule has 2 rings (SSSR count). The molecule has 1 saturated carbocycles. The van der Waals surface area contributed by atoms with Gasteiger partial charge >= 0.3 is 0 Å². The van der Waals surface area contributed by atoms with E-state index in [1.54, 1.807) is 0 Å². The summed E-state index contributed by atoms with van der Waals surface area (Å²) in [4.78, 5) is 23.3. The summed E-state index contributed by atoms with van der Waals surface area (Å²) in [6.07, 6.45) is 6.46. The summed E-state index contributed by atoms with van der Waals surface area (Å²) in [6.45, 7) is 2.45. The summed E-state index contributed by atoms with van der Waals surface area (Å²) in [5.41, 5.74) is 1.94. The number of likely N-dealkylation sites (N-methyl/N-ethyl adjacent to an activating group) is 1. The molecule has 2 amide bonds. The maximum atomic E-state index is 11.9. The zero-order valence-electron chi connectivity index (χ0n) is 12.7. The van der Waals surface area contributed by atoms with Gasteiger partial charge in [-0.2, -0.15) is 0 Å².